The Morgan fingerprint density at radius 3 is 2.11 bits per heavy atom. The van der Waals surface area contributed by atoms with E-state index in [1.165, 1.54) is 0 Å². The summed E-state index contributed by atoms with van der Waals surface area (Å²) in [6.45, 7) is 0. The minimum Gasteiger partial charge on any atom is -0.344 e. The van der Waals surface area contributed by atoms with E-state index < -0.39 is 7.37 Å². The Labute approximate surface area is 53.5 Å². The van der Waals surface area contributed by atoms with Gasteiger partial charge in [0.2, 0.25) is 7.37 Å². The number of hydrogen-bond donors (Lipinski definition) is 1. The van der Waals surface area contributed by atoms with Crippen molar-refractivity contribution in [3.05, 3.63) is 0 Å². The highest BCUT2D eigenvalue weighted by molar-refractivity contribution is 7.58. The Bertz CT molecular complexity index is 161. The third-order valence-electron chi connectivity index (χ3n) is 1.48. The Balaban J connectivity index is 2.54. The first kappa shape index (κ1) is 6.97. The van der Waals surface area contributed by atoms with Crippen molar-refractivity contribution in [2.24, 2.45) is 0 Å². The van der Waals surface area contributed by atoms with Gasteiger partial charge in [-0.2, -0.15) is 0 Å². The fraction of sp³-hybridized carbons (Fsp3) is 0.800. The second kappa shape index (κ2) is 2.24. The minimum atomic E-state index is -2.84. The molecule has 1 N–H and O–H groups in total. The summed E-state index contributed by atoms with van der Waals surface area (Å²) < 4.78 is 10.8. The summed E-state index contributed by atoms with van der Waals surface area (Å²) in [7, 11) is -2.84. The van der Waals surface area contributed by atoms with Crippen LogP contribution in [0.25, 0.3) is 0 Å². The molecule has 0 radical (unpaired) electrons. The lowest BCUT2D eigenvalue weighted by Crippen LogP contribution is -2.12. The quantitative estimate of drug-likeness (QED) is 0.512. The highest BCUT2D eigenvalue weighted by Crippen LogP contribution is 2.44. The maximum Gasteiger partial charge on any atom is 0.201 e. The van der Waals surface area contributed by atoms with Gasteiger partial charge < -0.3 is 4.89 Å². The average Bonchev–Trinajstić information content (AvgIpc) is 1.78. The highest BCUT2D eigenvalue weighted by Gasteiger charge is 2.25. The number of rotatable bonds is 0. The van der Waals surface area contributed by atoms with Crippen molar-refractivity contribution in [1.29, 1.82) is 0 Å². The fourth-order valence-corrected chi connectivity index (χ4v) is 2.26. The van der Waals surface area contributed by atoms with Gasteiger partial charge in [0.25, 0.3) is 0 Å². The third-order valence-corrected chi connectivity index (χ3v) is 3.32. The predicted octanol–water partition coefficient (Wildman–Crippen LogP) is 0.620. The molecular weight excluding hydrogens is 139 g/mol. The fourth-order valence-electron chi connectivity index (χ4n) is 0.836. The number of carbonyl (C=O) groups excluding carboxylic acids is 1. The van der Waals surface area contributed by atoms with Crippen LogP contribution >= 0.6 is 7.37 Å². The van der Waals surface area contributed by atoms with Crippen LogP contribution in [0.4, 0.5) is 0 Å². The van der Waals surface area contributed by atoms with E-state index in [0.717, 1.165) is 0 Å². The maximum atomic E-state index is 10.8. The van der Waals surface area contributed by atoms with Gasteiger partial charge >= 0.3 is 0 Å². The van der Waals surface area contributed by atoms with Crippen molar-refractivity contribution in [3.8, 4) is 0 Å². The molecule has 0 aliphatic carbocycles. The number of Topliss-reactive ketones (excluding diaryl/α,β-unsaturated/α-hetero) is 1. The van der Waals surface area contributed by atoms with Gasteiger partial charge in [-0.1, -0.05) is 0 Å². The molecule has 0 spiro atoms. The van der Waals surface area contributed by atoms with Gasteiger partial charge in [0.1, 0.15) is 5.78 Å². The third kappa shape index (κ3) is 1.92. The summed E-state index contributed by atoms with van der Waals surface area (Å²) in [5, 5.41) is 0. The predicted molar refractivity (Wildman–Crippen MR) is 33.8 cm³/mol. The van der Waals surface area contributed by atoms with E-state index in [-0.39, 0.29) is 18.1 Å². The molecular formula is C5H9O3P. The van der Waals surface area contributed by atoms with E-state index in [4.69, 9.17) is 4.89 Å². The average molecular weight is 148 g/mol. The van der Waals surface area contributed by atoms with Crippen molar-refractivity contribution in [1.82, 2.24) is 0 Å². The molecule has 1 rings (SSSR count). The molecule has 0 saturated carbocycles. The molecule has 1 aliphatic heterocycles. The topological polar surface area (TPSA) is 54.4 Å². The number of hydrogen-bond acceptors (Lipinski definition) is 2. The summed E-state index contributed by atoms with van der Waals surface area (Å²) in [5.41, 5.74) is 0. The van der Waals surface area contributed by atoms with Gasteiger partial charge in [-0.05, 0) is 0 Å². The lowest BCUT2D eigenvalue weighted by Gasteiger charge is -2.14. The summed E-state index contributed by atoms with van der Waals surface area (Å²) in [4.78, 5) is 19.4. The molecule has 0 unspecified atom stereocenters. The van der Waals surface area contributed by atoms with E-state index in [1.807, 2.05) is 0 Å². The van der Waals surface area contributed by atoms with E-state index in [1.54, 1.807) is 0 Å². The molecule has 0 aromatic heterocycles. The van der Waals surface area contributed by atoms with Gasteiger partial charge in [0.15, 0.2) is 0 Å². The van der Waals surface area contributed by atoms with E-state index in [9.17, 15) is 9.36 Å². The SMILES string of the molecule is O=C1CCP(=O)(O)CC1. The second-order valence-electron chi connectivity index (χ2n) is 2.33. The summed E-state index contributed by atoms with van der Waals surface area (Å²) in [5.74, 6) is 0.121. The van der Waals surface area contributed by atoms with Crippen LogP contribution in [0.1, 0.15) is 12.8 Å². The highest BCUT2D eigenvalue weighted by atomic mass is 31.2. The van der Waals surface area contributed by atoms with Crippen molar-refractivity contribution < 1.29 is 14.3 Å². The van der Waals surface area contributed by atoms with E-state index >= 15 is 0 Å². The Morgan fingerprint density at radius 2 is 1.78 bits per heavy atom. The van der Waals surface area contributed by atoms with Crippen LogP contribution in [0.3, 0.4) is 0 Å². The molecule has 9 heavy (non-hydrogen) atoms. The van der Waals surface area contributed by atoms with E-state index in [0.29, 0.717) is 12.8 Å². The molecule has 1 fully saturated rings. The standard InChI is InChI=1S/C5H9O3P/c6-5-1-3-9(7,8)4-2-5/h1-4H2,(H,7,8). The van der Waals surface area contributed by atoms with Gasteiger partial charge in [0.05, 0.1) is 0 Å². The monoisotopic (exact) mass is 148 g/mol. The van der Waals surface area contributed by atoms with Gasteiger partial charge in [-0.15, -0.1) is 0 Å². The molecule has 1 heterocycles. The lowest BCUT2D eigenvalue weighted by atomic mass is 10.2. The molecule has 1 saturated heterocycles. The van der Waals surface area contributed by atoms with Crippen LogP contribution in [0.15, 0.2) is 0 Å². The van der Waals surface area contributed by atoms with Crippen molar-refractivity contribution in [3.63, 3.8) is 0 Å². The van der Waals surface area contributed by atoms with Crippen molar-refractivity contribution >= 4 is 13.2 Å². The molecule has 0 atom stereocenters. The first-order valence-corrected chi connectivity index (χ1v) is 4.96. The molecule has 1 aliphatic rings. The minimum absolute atomic E-state index is 0.121. The molecule has 3 nitrogen and oxygen atoms in total. The Hall–Kier alpha value is -0.140. The van der Waals surface area contributed by atoms with Crippen LogP contribution < -0.4 is 0 Å². The zero-order chi connectivity index (χ0) is 6.91. The molecule has 0 amide bonds. The lowest BCUT2D eigenvalue weighted by molar-refractivity contribution is -0.118. The molecule has 52 valence electrons. The summed E-state index contributed by atoms with van der Waals surface area (Å²) >= 11 is 0. The van der Waals surface area contributed by atoms with Crippen molar-refractivity contribution in [2.45, 2.75) is 12.8 Å². The van der Waals surface area contributed by atoms with Crippen LogP contribution in [0.5, 0.6) is 0 Å². The first-order valence-electron chi connectivity index (χ1n) is 2.93. The van der Waals surface area contributed by atoms with E-state index in [2.05, 4.69) is 0 Å². The number of carbonyl (C=O) groups is 1. The van der Waals surface area contributed by atoms with Crippen LogP contribution in [-0.4, -0.2) is 23.0 Å². The normalized spacial score (nSPS) is 26.1. The first-order chi connectivity index (χ1) is 4.10. The number of ketones is 1. The summed E-state index contributed by atoms with van der Waals surface area (Å²) in [6.07, 6.45) is 0.999. The van der Waals surface area contributed by atoms with Crippen LogP contribution in [0.2, 0.25) is 0 Å². The maximum absolute atomic E-state index is 10.8. The zero-order valence-electron chi connectivity index (χ0n) is 5.04. The zero-order valence-corrected chi connectivity index (χ0v) is 5.93. The van der Waals surface area contributed by atoms with Crippen molar-refractivity contribution in [2.75, 3.05) is 12.3 Å². The Kier molecular flexibility index (Phi) is 1.73. The smallest absolute Gasteiger partial charge is 0.201 e. The Morgan fingerprint density at radius 1 is 1.33 bits per heavy atom. The molecule has 4 heteroatoms. The van der Waals surface area contributed by atoms with Crippen LogP contribution in [0, 0.1) is 0 Å². The van der Waals surface area contributed by atoms with Gasteiger partial charge in [-0.3, -0.25) is 9.36 Å². The molecule has 0 aromatic rings. The second-order valence-corrected chi connectivity index (χ2v) is 4.92. The molecule has 0 aromatic carbocycles. The summed E-state index contributed by atoms with van der Waals surface area (Å²) in [6, 6.07) is 0. The van der Waals surface area contributed by atoms with Gasteiger partial charge in [-0.25, -0.2) is 0 Å². The largest absolute Gasteiger partial charge is 0.344 e. The molecule has 0 bridgehead atoms. The van der Waals surface area contributed by atoms with Crippen LogP contribution in [-0.2, 0) is 9.36 Å². The van der Waals surface area contributed by atoms with Gasteiger partial charge in [0, 0.05) is 25.2 Å².